The molecular weight excluding hydrogens is 405 g/mol. The van der Waals surface area contributed by atoms with E-state index < -0.39 is 0 Å². The van der Waals surface area contributed by atoms with Crippen LogP contribution in [0.5, 0.6) is 0 Å². The van der Waals surface area contributed by atoms with Gasteiger partial charge in [0.1, 0.15) is 23.6 Å². The maximum absolute atomic E-state index is 5.77. The third-order valence-corrected chi connectivity index (χ3v) is 3.22. The van der Waals surface area contributed by atoms with Crippen LogP contribution in [-0.4, -0.2) is 12.5 Å². The predicted octanol–water partition coefficient (Wildman–Crippen LogP) is 3.90. The molecule has 0 radical (unpaired) electrons. The molecule has 3 aromatic rings. The molecule has 23 heavy (non-hydrogen) atoms. The molecule has 0 aliphatic carbocycles. The number of guanidine groups is 1. The van der Waals surface area contributed by atoms with Gasteiger partial charge in [-0.1, -0.05) is 18.2 Å². The van der Waals surface area contributed by atoms with Gasteiger partial charge in [-0.25, -0.2) is 4.99 Å². The van der Waals surface area contributed by atoms with Crippen LogP contribution in [0.25, 0.3) is 11.0 Å². The van der Waals surface area contributed by atoms with Gasteiger partial charge in [0.05, 0.1) is 12.8 Å². The monoisotopic (exact) mass is 425 g/mol. The standard InChI is InChI=1S/C17H19N3O2.HI/c1-2-18-17(19-11-14-7-5-9-21-14)20-12-15-10-13-6-3-4-8-16(13)22-15;/h3-10H,2,11-12H2,1H3,(H2,18,19,20);1H. The Bertz CT molecular complexity index is 717. The van der Waals surface area contributed by atoms with Crippen LogP contribution in [0, 0.1) is 0 Å². The van der Waals surface area contributed by atoms with Gasteiger partial charge in [-0.3, -0.25) is 0 Å². The van der Waals surface area contributed by atoms with Crippen LogP contribution in [0.2, 0.25) is 0 Å². The van der Waals surface area contributed by atoms with E-state index in [1.165, 1.54) is 0 Å². The van der Waals surface area contributed by atoms with Gasteiger partial charge >= 0.3 is 0 Å². The molecule has 0 bridgehead atoms. The molecule has 0 atom stereocenters. The Morgan fingerprint density at radius 3 is 2.70 bits per heavy atom. The normalized spacial score (nSPS) is 11.3. The van der Waals surface area contributed by atoms with Crippen LogP contribution in [0.1, 0.15) is 18.4 Å². The van der Waals surface area contributed by atoms with Crippen molar-refractivity contribution >= 4 is 40.9 Å². The van der Waals surface area contributed by atoms with Gasteiger partial charge in [0.2, 0.25) is 0 Å². The molecule has 2 heterocycles. The highest BCUT2D eigenvalue weighted by Gasteiger charge is 2.04. The van der Waals surface area contributed by atoms with E-state index in [-0.39, 0.29) is 24.0 Å². The second kappa shape index (κ2) is 8.61. The first-order chi connectivity index (χ1) is 10.8. The lowest BCUT2D eigenvalue weighted by Gasteiger charge is -2.09. The summed E-state index contributed by atoms with van der Waals surface area (Å²) in [7, 11) is 0. The summed E-state index contributed by atoms with van der Waals surface area (Å²) < 4.78 is 11.1. The maximum Gasteiger partial charge on any atom is 0.192 e. The van der Waals surface area contributed by atoms with E-state index in [4.69, 9.17) is 8.83 Å². The number of para-hydroxylation sites is 1. The van der Waals surface area contributed by atoms with Crippen molar-refractivity contribution in [1.29, 1.82) is 0 Å². The van der Waals surface area contributed by atoms with Crippen molar-refractivity contribution in [3.05, 3.63) is 60.2 Å². The van der Waals surface area contributed by atoms with E-state index >= 15 is 0 Å². The molecule has 0 aliphatic rings. The van der Waals surface area contributed by atoms with E-state index in [1.807, 2.05) is 49.4 Å². The quantitative estimate of drug-likeness (QED) is 0.370. The highest BCUT2D eigenvalue weighted by Crippen LogP contribution is 2.19. The van der Waals surface area contributed by atoms with Crippen molar-refractivity contribution in [2.45, 2.75) is 20.0 Å². The predicted molar refractivity (Wildman–Crippen MR) is 102 cm³/mol. The number of aliphatic imine (C=N–C) groups is 1. The third-order valence-electron chi connectivity index (χ3n) is 3.22. The first kappa shape index (κ1) is 17.4. The Balaban J connectivity index is 0.00000192. The topological polar surface area (TPSA) is 62.7 Å². The summed E-state index contributed by atoms with van der Waals surface area (Å²) in [4.78, 5) is 4.54. The fourth-order valence-electron chi connectivity index (χ4n) is 2.20. The maximum atomic E-state index is 5.77. The molecule has 6 heteroatoms. The molecule has 0 saturated carbocycles. The third kappa shape index (κ3) is 4.75. The number of hydrogen-bond acceptors (Lipinski definition) is 3. The molecular formula is C17H20IN3O2. The molecule has 1 aromatic carbocycles. The van der Waals surface area contributed by atoms with Crippen molar-refractivity contribution in [2.24, 2.45) is 4.99 Å². The molecule has 5 nitrogen and oxygen atoms in total. The number of nitrogens with zero attached hydrogens (tertiary/aromatic N) is 1. The lowest BCUT2D eigenvalue weighted by molar-refractivity contribution is 0.501. The number of furan rings is 2. The lowest BCUT2D eigenvalue weighted by atomic mass is 10.2. The summed E-state index contributed by atoms with van der Waals surface area (Å²) in [5, 5.41) is 7.53. The van der Waals surface area contributed by atoms with Crippen molar-refractivity contribution in [3.63, 3.8) is 0 Å². The molecule has 0 amide bonds. The lowest BCUT2D eigenvalue weighted by Crippen LogP contribution is -2.36. The molecule has 122 valence electrons. The first-order valence-electron chi connectivity index (χ1n) is 7.37. The number of fused-ring (bicyclic) bond motifs is 1. The smallest absolute Gasteiger partial charge is 0.192 e. The number of hydrogen-bond donors (Lipinski definition) is 2. The molecule has 0 fully saturated rings. The molecule has 0 aliphatic heterocycles. The number of benzene rings is 1. The average Bonchev–Trinajstić information content (AvgIpc) is 3.18. The van der Waals surface area contributed by atoms with Gasteiger partial charge in [0.25, 0.3) is 0 Å². The summed E-state index contributed by atoms with van der Waals surface area (Å²) in [6.45, 7) is 3.91. The van der Waals surface area contributed by atoms with Gasteiger partial charge in [-0.2, -0.15) is 0 Å². The van der Waals surface area contributed by atoms with Gasteiger partial charge in [-0.15, -0.1) is 24.0 Å². The van der Waals surface area contributed by atoms with E-state index in [2.05, 4.69) is 15.6 Å². The van der Waals surface area contributed by atoms with Gasteiger partial charge in [0, 0.05) is 11.9 Å². The van der Waals surface area contributed by atoms with E-state index in [0.717, 1.165) is 35.0 Å². The Morgan fingerprint density at radius 1 is 1.09 bits per heavy atom. The van der Waals surface area contributed by atoms with Crippen LogP contribution in [0.4, 0.5) is 0 Å². The number of nitrogens with one attached hydrogen (secondary N) is 2. The van der Waals surface area contributed by atoms with Crippen LogP contribution in [-0.2, 0) is 13.1 Å². The molecule has 2 N–H and O–H groups in total. The molecule has 3 rings (SSSR count). The zero-order valence-corrected chi connectivity index (χ0v) is 15.2. The van der Waals surface area contributed by atoms with Gasteiger partial charge in [0.15, 0.2) is 5.96 Å². The molecule has 0 saturated heterocycles. The SMILES string of the molecule is CCNC(=NCc1cc2ccccc2o1)NCc1ccco1.I. The Hall–Kier alpha value is -1.96. The summed E-state index contributed by atoms with van der Waals surface area (Å²) in [6, 6.07) is 13.8. The molecule has 0 spiro atoms. The van der Waals surface area contributed by atoms with Crippen molar-refractivity contribution in [1.82, 2.24) is 10.6 Å². The minimum Gasteiger partial charge on any atom is -0.467 e. The number of halogens is 1. The molecule has 2 aromatic heterocycles. The van der Waals surface area contributed by atoms with Crippen molar-refractivity contribution in [2.75, 3.05) is 6.54 Å². The van der Waals surface area contributed by atoms with Crippen LogP contribution in [0.15, 0.2) is 62.6 Å². The number of rotatable bonds is 5. The minimum absolute atomic E-state index is 0. The second-order valence-electron chi connectivity index (χ2n) is 4.88. The summed E-state index contributed by atoms with van der Waals surface area (Å²) in [5.41, 5.74) is 0.890. The van der Waals surface area contributed by atoms with E-state index in [1.54, 1.807) is 6.26 Å². The fraction of sp³-hybridized carbons (Fsp3) is 0.235. The van der Waals surface area contributed by atoms with Gasteiger partial charge < -0.3 is 19.5 Å². The largest absolute Gasteiger partial charge is 0.467 e. The Morgan fingerprint density at radius 2 is 1.96 bits per heavy atom. The van der Waals surface area contributed by atoms with Crippen LogP contribution >= 0.6 is 24.0 Å². The molecule has 0 unspecified atom stereocenters. The summed E-state index contributed by atoms with van der Waals surface area (Å²) in [5.74, 6) is 2.45. The highest BCUT2D eigenvalue weighted by atomic mass is 127. The average molecular weight is 425 g/mol. The highest BCUT2D eigenvalue weighted by molar-refractivity contribution is 14.0. The van der Waals surface area contributed by atoms with Crippen molar-refractivity contribution < 1.29 is 8.83 Å². The van der Waals surface area contributed by atoms with Gasteiger partial charge in [-0.05, 0) is 31.2 Å². The summed E-state index contributed by atoms with van der Waals surface area (Å²) in [6.07, 6.45) is 1.66. The van der Waals surface area contributed by atoms with Crippen molar-refractivity contribution in [3.8, 4) is 0 Å². The van der Waals surface area contributed by atoms with E-state index in [9.17, 15) is 0 Å². The van der Waals surface area contributed by atoms with E-state index in [0.29, 0.717) is 13.1 Å². The van der Waals surface area contributed by atoms with Crippen LogP contribution in [0.3, 0.4) is 0 Å². The zero-order chi connectivity index (χ0) is 15.2. The first-order valence-corrected chi connectivity index (χ1v) is 7.37. The Kier molecular flexibility index (Phi) is 6.52. The fourth-order valence-corrected chi connectivity index (χ4v) is 2.20. The summed E-state index contributed by atoms with van der Waals surface area (Å²) >= 11 is 0. The van der Waals surface area contributed by atoms with Crippen LogP contribution < -0.4 is 10.6 Å². The second-order valence-corrected chi connectivity index (χ2v) is 4.88. The Labute approximate surface area is 152 Å². The minimum atomic E-state index is 0. The zero-order valence-electron chi connectivity index (χ0n) is 12.9.